The van der Waals surface area contributed by atoms with Gasteiger partial charge in [-0.05, 0) is 31.9 Å². The zero-order valence-electron chi connectivity index (χ0n) is 9.76. The van der Waals surface area contributed by atoms with E-state index in [1.54, 1.807) is 6.92 Å². The lowest BCUT2D eigenvalue weighted by molar-refractivity contribution is -0.114. The van der Waals surface area contributed by atoms with Crippen LogP contribution in [0.1, 0.15) is 25.8 Å². The number of nitrogens with one attached hydrogen (secondary N) is 1. The summed E-state index contributed by atoms with van der Waals surface area (Å²) in [5, 5.41) is 11.6. The minimum absolute atomic E-state index is 0.0844. The van der Waals surface area contributed by atoms with Crippen molar-refractivity contribution in [1.82, 2.24) is 0 Å². The zero-order chi connectivity index (χ0) is 13.0. The molecule has 94 valence electrons. The van der Waals surface area contributed by atoms with Gasteiger partial charge in [-0.15, -0.1) is 0 Å². The van der Waals surface area contributed by atoms with Gasteiger partial charge in [-0.1, -0.05) is 0 Å². The van der Waals surface area contributed by atoms with Gasteiger partial charge in [-0.3, -0.25) is 4.79 Å². The molecule has 17 heavy (non-hydrogen) atoms. The normalized spacial score (nSPS) is 12.3. The Morgan fingerprint density at radius 3 is 2.65 bits per heavy atom. The molecule has 0 spiro atoms. The van der Waals surface area contributed by atoms with Crippen molar-refractivity contribution >= 4 is 11.6 Å². The minimum Gasteiger partial charge on any atom is -0.393 e. The summed E-state index contributed by atoms with van der Waals surface area (Å²) in [6.45, 7) is 2.86. The van der Waals surface area contributed by atoms with Gasteiger partial charge in [0.2, 0.25) is 5.91 Å². The highest BCUT2D eigenvalue weighted by molar-refractivity contribution is 5.89. The Balaban J connectivity index is 3.03. The van der Waals surface area contributed by atoms with Crippen molar-refractivity contribution in [2.75, 3.05) is 5.32 Å². The van der Waals surface area contributed by atoms with Gasteiger partial charge in [0, 0.05) is 18.2 Å². The van der Waals surface area contributed by atoms with E-state index in [0.717, 1.165) is 6.07 Å². The van der Waals surface area contributed by atoms with E-state index in [1.165, 1.54) is 13.0 Å². The number of anilines is 1. The Labute approximate surface area is 98.5 Å². The number of rotatable bonds is 4. The predicted molar refractivity (Wildman–Crippen MR) is 60.7 cm³/mol. The number of aliphatic hydroxyl groups excluding tert-OH is 1. The molecule has 1 aromatic rings. The molecule has 0 fully saturated rings. The van der Waals surface area contributed by atoms with E-state index in [0.29, 0.717) is 6.42 Å². The molecule has 0 aliphatic heterocycles. The first-order chi connectivity index (χ1) is 7.91. The van der Waals surface area contributed by atoms with Crippen LogP contribution in [0.5, 0.6) is 0 Å². The minimum atomic E-state index is -0.975. The summed E-state index contributed by atoms with van der Waals surface area (Å²) in [5.74, 6) is -2.29. The molecule has 1 unspecified atom stereocenters. The number of amides is 1. The molecule has 0 radical (unpaired) electrons. The number of hydrogen-bond donors (Lipinski definition) is 2. The summed E-state index contributed by atoms with van der Waals surface area (Å²) in [4.78, 5) is 10.9. The molecule has 1 rings (SSSR count). The maximum Gasteiger partial charge on any atom is 0.221 e. The van der Waals surface area contributed by atoms with Crippen LogP contribution in [0.25, 0.3) is 0 Å². The van der Waals surface area contributed by atoms with Crippen molar-refractivity contribution in [1.29, 1.82) is 0 Å². The van der Waals surface area contributed by atoms with Gasteiger partial charge in [0.15, 0.2) is 11.6 Å². The summed E-state index contributed by atoms with van der Waals surface area (Å²) in [6, 6.07) is 2.28. The summed E-state index contributed by atoms with van der Waals surface area (Å²) in [6.07, 6.45) is -0.146. The second-order valence-corrected chi connectivity index (χ2v) is 3.96. The Kier molecular flexibility index (Phi) is 4.57. The highest BCUT2D eigenvalue weighted by atomic mass is 19.2. The SMILES string of the molecule is CC(=O)Nc1ccc(F)c(F)c1CCC(C)O. The number of halogens is 2. The third-order valence-corrected chi connectivity index (χ3v) is 2.32. The number of benzene rings is 1. The summed E-state index contributed by atoms with van der Waals surface area (Å²) in [7, 11) is 0. The molecule has 0 heterocycles. The average Bonchev–Trinajstić information content (AvgIpc) is 2.22. The number of hydrogen-bond acceptors (Lipinski definition) is 2. The molecule has 1 aromatic carbocycles. The maximum atomic E-state index is 13.6. The van der Waals surface area contributed by atoms with Crippen LogP contribution in [0, 0.1) is 11.6 Å². The number of carbonyl (C=O) groups excluding carboxylic acids is 1. The molecule has 0 aromatic heterocycles. The zero-order valence-corrected chi connectivity index (χ0v) is 9.76. The first-order valence-corrected chi connectivity index (χ1v) is 5.34. The number of aliphatic hydroxyl groups is 1. The quantitative estimate of drug-likeness (QED) is 0.852. The Morgan fingerprint density at radius 2 is 2.12 bits per heavy atom. The molecule has 5 heteroatoms. The lowest BCUT2D eigenvalue weighted by Crippen LogP contribution is -2.11. The largest absolute Gasteiger partial charge is 0.393 e. The van der Waals surface area contributed by atoms with Gasteiger partial charge in [0.05, 0.1) is 6.10 Å². The monoisotopic (exact) mass is 243 g/mol. The van der Waals surface area contributed by atoms with Crippen LogP contribution in [0.2, 0.25) is 0 Å². The molecule has 0 bridgehead atoms. The molecule has 0 aliphatic rings. The smallest absolute Gasteiger partial charge is 0.221 e. The third kappa shape index (κ3) is 3.78. The Hall–Kier alpha value is -1.49. The van der Waals surface area contributed by atoms with Gasteiger partial charge in [0.25, 0.3) is 0 Å². The maximum absolute atomic E-state index is 13.6. The van der Waals surface area contributed by atoms with Gasteiger partial charge >= 0.3 is 0 Å². The number of carbonyl (C=O) groups is 1. The third-order valence-electron chi connectivity index (χ3n) is 2.32. The van der Waals surface area contributed by atoms with Crippen molar-refractivity contribution in [3.63, 3.8) is 0 Å². The summed E-state index contributed by atoms with van der Waals surface area (Å²) >= 11 is 0. The van der Waals surface area contributed by atoms with Crippen molar-refractivity contribution in [2.24, 2.45) is 0 Å². The average molecular weight is 243 g/mol. The standard InChI is InChI=1S/C12H15F2NO2/c1-7(16)3-4-9-11(15-8(2)17)6-5-10(13)12(9)14/h5-7,16H,3-4H2,1-2H3,(H,15,17). The van der Waals surface area contributed by atoms with Crippen molar-refractivity contribution < 1.29 is 18.7 Å². The van der Waals surface area contributed by atoms with Crippen LogP contribution >= 0.6 is 0 Å². The van der Waals surface area contributed by atoms with E-state index in [2.05, 4.69) is 5.32 Å². The summed E-state index contributed by atoms with van der Waals surface area (Å²) < 4.78 is 26.6. The fourth-order valence-electron chi connectivity index (χ4n) is 1.50. The van der Waals surface area contributed by atoms with Crippen LogP contribution in [0.4, 0.5) is 14.5 Å². The van der Waals surface area contributed by atoms with Crippen LogP contribution < -0.4 is 5.32 Å². The highest BCUT2D eigenvalue weighted by Crippen LogP contribution is 2.23. The van der Waals surface area contributed by atoms with E-state index < -0.39 is 17.7 Å². The highest BCUT2D eigenvalue weighted by Gasteiger charge is 2.14. The molecule has 2 N–H and O–H groups in total. The van der Waals surface area contributed by atoms with Crippen LogP contribution in [0.15, 0.2) is 12.1 Å². The first kappa shape index (κ1) is 13.6. The van der Waals surface area contributed by atoms with Crippen molar-refractivity contribution in [3.05, 3.63) is 29.3 Å². The van der Waals surface area contributed by atoms with E-state index in [-0.39, 0.29) is 23.6 Å². The van der Waals surface area contributed by atoms with Gasteiger partial charge in [0.1, 0.15) is 0 Å². The lowest BCUT2D eigenvalue weighted by Gasteiger charge is -2.12. The molecule has 0 aliphatic carbocycles. The molecule has 0 saturated carbocycles. The van der Waals surface area contributed by atoms with E-state index in [1.807, 2.05) is 0 Å². The molecule has 3 nitrogen and oxygen atoms in total. The van der Waals surface area contributed by atoms with Crippen LogP contribution in [0.3, 0.4) is 0 Å². The van der Waals surface area contributed by atoms with E-state index in [4.69, 9.17) is 5.11 Å². The first-order valence-electron chi connectivity index (χ1n) is 5.34. The lowest BCUT2D eigenvalue weighted by atomic mass is 10.0. The van der Waals surface area contributed by atoms with Gasteiger partial charge < -0.3 is 10.4 Å². The van der Waals surface area contributed by atoms with Gasteiger partial charge in [-0.2, -0.15) is 0 Å². The molecule has 1 amide bonds. The van der Waals surface area contributed by atoms with Crippen LogP contribution in [-0.2, 0) is 11.2 Å². The molecule has 0 saturated heterocycles. The fraction of sp³-hybridized carbons (Fsp3) is 0.417. The fourth-order valence-corrected chi connectivity index (χ4v) is 1.50. The van der Waals surface area contributed by atoms with Crippen molar-refractivity contribution in [3.8, 4) is 0 Å². The summed E-state index contributed by atoms with van der Waals surface area (Å²) in [5.41, 5.74) is 0.332. The molecular weight excluding hydrogens is 228 g/mol. The van der Waals surface area contributed by atoms with Crippen LogP contribution in [-0.4, -0.2) is 17.1 Å². The predicted octanol–water partition coefficient (Wildman–Crippen LogP) is 2.24. The molecular formula is C12H15F2NO2. The van der Waals surface area contributed by atoms with Crippen molar-refractivity contribution in [2.45, 2.75) is 32.8 Å². The Bertz CT molecular complexity index is 419. The van der Waals surface area contributed by atoms with E-state index in [9.17, 15) is 13.6 Å². The molecule has 1 atom stereocenters. The Morgan fingerprint density at radius 1 is 1.47 bits per heavy atom. The topological polar surface area (TPSA) is 49.3 Å². The van der Waals surface area contributed by atoms with Gasteiger partial charge in [-0.25, -0.2) is 8.78 Å². The van der Waals surface area contributed by atoms with E-state index >= 15 is 0 Å². The second kappa shape index (κ2) is 5.72. The second-order valence-electron chi connectivity index (χ2n) is 3.96.